The van der Waals surface area contributed by atoms with Crippen LogP contribution >= 0.6 is 11.8 Å². The molecule has 0 radical (unpaired) electrons. The summed E-state index contributed by atoms with van der Waals surface area (Å²) in [6.07, 6.45) is 3.36. The van der Waals surface area contributed by atoms with Gasteiger partial charge in [0.1, 0.15) is 12.4 Å². The molecule has 4 rings (SSSR count). The van der Waals surface area contributed by atoms with Crippen molar-refractivity contribution in [2.24, 2.45) is 0 Å². The van der Waals surface area contributed by atoms with Crippen molar-refractivity contribution in [2.75, 3.05) is 24.1 Å². The van der Waals surface area contributed by atoms with Gasteiger partial charge in [-0.2, -0.15) is 5.26 Å². The van der Waals surface area contributed by atoms with Gasteiger partial charge in [-0.3, -0.25) is 0 Å². The number of nitriles is 1. The van der Waals surface area contributed by atoms with Crippen LogP contribution in [-0.4, -0.2) is 38.7 Å². The highest BCUT2D eigenvalue weighted by atomic mass is 32.2. The normalized spacial score (nSPS) is 12.9. The Labute approximate surface area is 173 Å². The minimum absolute atomic E-state index is 0.370. The second kappa shape index (κ2) is 8.27. The summed E-state index contributed by atoms with van der Waals surface area (Å²) >= 11 is 1.49. The number of anilines is 2. The molecule has 2 aromatic heterocycles. The standard InChI is InChI=1S/C20H24N8S/c1-12(2)23-5-3-7-28-19-17(18(22)25-11-26-19)27-20(28)29-16-9-13-4-6-24-15(13)8-14(16)10-21/h8-9,11-12,23-24H,3-7H2,1-2H3,(H2,22,25,26). The molecule has 9 heteroatoms. The van der Waals surface area contributed by atoms with E-state index in [1.54, 1.807) is 0 Å². The fraction of sp³-hybridized carbons (Fsp3) is 0.400. The third kappa shape index (κ3) is 3.99. The average Bonchev–Trinajstić information content (AvgIpc) is 3.29. The van der Waals surface area contributed by atoms with Crippen LogP contribution in [0.5, 0.6) is 0 Å². The van der Waals surface area contributed by atoms with Crippen LogP contribution in [0.1, 0.15) is 31.4 Å². The third-order valence-corrected chi connectivity index (χ3v) is 5.93. The van der Waals surface area contributed by atoms with Gasteiger partial charge in [-0.15, -0.1) is 0 Å². The number of rotatable bonds is 7. The van der Waals surface area contributed by atoms with Gasteiger partial charge in [0.15, 0.2) is 22.1 Å². The molecule has 1 aliphatic heterocycles. The van der Waals surface area contributed by atoms with Crippen molar-refractivity contribution >= 4 is 34.4 Å². The number of benzene rings is 1. The minimum Gasteiger partial charge on any atom is -0.384 e. The number of aryl methyl sites for hydroxylation is 1. The molecule has 4 N–H and O–H groups in total. The molecular formula is C20H24N8S. The molecule has 150 valence electrons. The third-order valence-electron chi connectivity index (χ3n) is 4.87. The quantitative estimate of drug-likeness (QED) is 0.511. The van der Waals surface area contributed by atoms with E-state index in [-0.39, 0.29) is 0 Å². The van der Waals surface area contributed by atoms with E-state index in [0.29, 0.717) is 22.9 Å². The molecule has 1 aromatic carbocycles. The predicted octanol–water partition coefficient (Wildman–Crippen LogP) is 2.79. The number of fused-ring (bicyclic) bond motifs is 2. The van der Waals surface area contributed by atoms with Gasteiger partial charge < -0.3 is 20.9 Å². The van der Waals surface area contributed by atoms with Crippen molar-refractivity contribution < 1.29 is 0 Å². The lowest BCUT2D eigenvalue weighted by molar-refractivity contribution is 0.525. The number of nitrogen functional groups attached to an aromatic ring is 1. The minimum atomic E-state index is 0.370. The lowest BCUT2D eigenvalue weighted by Gasteiger charge is -2.12. The summed E-state index contributed by atoms with van der Waals surface area (Å²) in [7, 11) is 0. The molecule has 0 aliphatic carbocycles. The predicted molar refractivity (Wildman–Crippen MR) is 115 cm³/mol. The van der Waals surface area contributed by atoms with E-state index < -0.39 is 0 Å². The maximum absolute atomic E-state index is 9.64. The molecule has 0 spiro atoms. The molecule has 0 atom stereocenters. The fourth-order valence-electron chi connectivity index (χ4n) is 3.44. The number of nitrogens with one attached hydrogen (secondary N) is 2. The van der Waals surface area contributed by atoms with Crippen LogP contribution in [0.15, 0.2) is 28.5 Å². The smallest absolute Gasteiger partial charge is 0.175 e. The molecule has 3 heterocycles. The molecule has 0 bridgehead atoms. The van der Waals surface area contributed by atoms with Crippen LogP contribution < -0.4 is 16.4 Å². The zero-order valence-corrected chi connectivity index (χ0v) is 17.4. The van der Waals surface area contributed by atoms with Crippen LogP contribution in [0, 0.1) is 11.3 Å². The highest BCUT2D eigenvalue weighted by molar-refractivity contribution is 7.99. The van der Waals surface area contributed by atoms with Crippen LogP contribution in [0.2, 0.25) is 0 Å². The monoisotopic (exact) mass is 408 g/mol. The van der Waals surface area contributed by atoms with E-state index in [1.165, 1.54) is 23.7 Å². The molecule has 29 heavy (non-hydrogen) atoms. The highest BCUT2D eigenvalue weighted by Crippen LogP contribution is 2.36. The Morgan fingerprint density at radius 1 is 1.38 bits per heavy atom. The number of hydrogen-bond donors (Lipinski definition) is 3. The lowest BCUT2D eigenvalue weighted by atomic mass is 10.1. The van der Waals surface area contributed by atoms with Crippen molar-refractivity contribution in [1.29, 1.82) is 5.26 Å². The molecule has 1 aliphatic rings. The topological polar surface area (TPSA) is 117 Å². The Hall–Kier alpha value is -2.83. The molecule has 0 amide bonds. The van der Waals surface area contributed by atoms with Crippen LogP contribution in [0.25, 0.3) is 11.2 Å². The second-order valence-electron chi connectivity index (χ2n) is 7.34. The Morgan fingerprint density at radius 3 is 3.03 bits per heavy atom. The molecule has 8 nitrogen and oxygen atoms in total. The summed E-state index contributed by atoms with van der Waals surface area (Å²) in [4.78, 5) is 14.1. The van der Waals surface area contributed by atoms with Crippen molar-refractivity contribution in [1.82, 2.24) is 24.8 Å². The van der Waals surface area contributed by atoms with Gasteiger partial charge >= 0.3 is 0 Å². The van der Waals surface area contributed by atoms with E-state index in [1.807, 2.05) is 6.07 Å². The first-order valence-corrected chi connectivity index (χ1v) is 10.6. The molecule has 0 fully saturated rings. The van der Waals surface area contributed by atoms with Crippen molar-refractivity contribution in [3.8, 4) is 6.07 Å². The average molecular weight is 409 g/mol. The first kappa shape index (κ1) is 19.5. The summed E-state index contributed by atoms with van der Waals surface area (Å²) in [6, 6.07) is 6.78. The van der Waals surface area contributed by atoms with Gasteiger partial charge in [-0.05, 0) is 37.1 Å². The number of aromatic nitrogens is 4. The van der Waals surface area contributed by atoms with Crippen molar-refractivity contribution in [3.63, 3.8) is 0 Å². The van der Waals surface area contributed by atoms with Crippen LogP contribution in [-0.2, 0) is 13.0 Å². The van der Waals surface area contributed by atoms with Crippen molar-refractivity contribution in [3.05, 3.63) is 29.6 Å². The van der Waals surface area contributed by atoms with Gasteiger partial charge in [0.2, 0.25) is 0 Å². The SMILES string of the molecule is CC(C)NCCCn1c(Sc2cc3c(cc2C#N)NCC3)nc2c(N)ncnc21. The number of nitrogens with zero attached hydrogens (tertiary/aromatic N) is 5. The zero-order valence-electron chi connectivity index (χ0n) is 16.6. The molecule has 3 aromatic rings. The first-order chi connectivity index (χ1) is 14.1. The summed E-state index contributed by atoms with van der Waals surface area (Å²) in [5, 5.41) is 17.2. The summed E-state index contributed by atoms with van der Waals surface area (Å²) in [6.45, 7) is 6.82. The number of hydrogen-bond acceptors (Lipinski definition) is 8. The van der Waals surface area contributed by atoms with Crippen molar-refractivity contribution in [2.45, 2.75) is 49.3 Å². The zero-order chi connectivity index (χ0) is 20.4. The van der Waals surface area contributed by atoms with Gasteiger partial charge in [0.05, 0.1) is 5.56 Å². The number of nitrogens with two attached hydrogens (primary N) is 1. The van der Waals surface area contributed by atoms with Crippen LogP contribution in [0.4, 0.5) is 11.5 Å². The first-order valence-electron chi connectivity index (χ1n) is 9.75. The molecule has 0 unspecified atom stereocenters. The van der Waals surface area contributed by atoms with Gasteiger partial charge in [0, 0.05) is 29.7 Å². The Balaban J connectivity index is 1.69. The fourth-order valence-corrected chi connectivity index (χ4v) is 4.47. The maximum Gasteiger partial charge on any atom is 0.175 e. The summed E-state index contributed by atoms with van der Waals surface area (Å²) in [5.41, 5.74) is 10.3. The highest BCUT2D eigenvalue weighted by Gasteiger charge is 2.19. The lowest BCUT2D eigenvalue weighted by Crippen LogP contribution is -2.24. The Bertz CT molecular complexity index is 1080. The molecule has 0 saturated carbocycles. The van der Waals surface area contributed by atoms with E-state index >= 15 is 0 Å². The summed E-state index contributed by atoms with van der Waals surface area (Å²) < 4.78 is 2.08. The van der Waals surface area contributed by atoms with E-state index in [2.05, 4.69) is 51.2 Å². The largest absolute Gasteiger partial charge is 0.384 e. The second-order valence-corrected chi connectivity index (χ2v) is 8.34. The Kier molecular flexibility index (Phi) is 5.56. The van der Waals surface area contributed by atoms with Gasteiger partial charge in [0.25, 0.3) is 0 Å². The molecule has 0 saturated heterocycles. The van der Waals surface area contributed by atoms with E-state index in [4.69, 9.17) is 10.7 Å². The van der Waals surface area contributed by atoms with Crippen LogP contribution in [0.3, 0.4) is 0 Å². The molecular weight excluding hydrogens is 384 g/mol. The van der Waals surface area contributed by atoms with E-state index in [0.717, 1.165) is 53.9 Å². The van der Waals surface area contributed by atoms with Gasteiger partial charge in [-0.25, -0.2) is 15.0 Å². The number of imidazole rings is 1. The van der Waals surface area contributed by atoms with E-state index in [9.17, 15) is 5.26 Å². The summed E-state index contributed by atoms with van der Waals surface area (Å²) in [5.74, 6) is 0.370. The van der Waals surface area contributed by atoms with Gasteiger partial charge in [-0.1, -0.05) is 25.6 Å². The Morgan fingerprint density at radius 2 is 2.24 bits per heavy atom. The maximum atomic E-state index is 9.64.